The number of nitrogens with one attached hydrogen (secondary N) is 3. The van der Waals surface area contributed by atoms with Crippen LogP contribution in [0.15, 0.2) is 54.6 Å². The molecule has 0 fully saturated rings. The second kappa shape index (κ2) is 10.2. The van der Waals surface area contributed by atoms with Gasteiger partial charge in [-0.05, 0) is 29.9 Å². The lowest BCUT2D eigenvalue weighted by Gasteiger charge is -2.19. The number of nitrogens with zero attached hydrogens (tertiary/aromatic N) is 2. The monoisotopic (exact) mass is 443 g/mol. The minimum Gasteiger partial charge on any atom is -0.356 e. The molecule has 3 aromatic rings. The van der Waals surface area contributed by atoms with Crippen molar-refractivity contribution < 1.29 is 9.59 Å². The predicted molar refractivity (Wildman–Crippen MR) is 118 cm³/mol. The topological polar surface area (TPSA) is 91.8 Å². The van der Waals surface area contributed by atoms with Crippen molar-refractivity contribution in [2.75, 3.05) is 6.54 Å². The highest BCUT2D eigenvalue weighted by Gasteiger charge is 2.20. The Morgan fingerprint density at radius 1 is 1.17 bits per heavy atom. The lowest BCUT2D eigenvalue weighted by Crippen LogP contribution is -2.34. The van der Waals surface area contributed by atoms with Crippen LogP contribution in [0.1, 0.15) is 34.2 Å². The molecule has 0 aliphatic rings. The number of amides is 2. The van der Waals surface area contributed by atoms with Gasteiger partial charge in [-0.15, -0.1) is 0 Å². The van der Waals surface area contributed by atoms with E-state index in [1.165, 1.54) is 0 Å². The average Bonchev–Trinajstić information content (AvgIpc) is 3.06. The van der Waals surface area contributed by atoms with Gasteiger partial charge in [0.05, 0.1) is 23.0 Å². The van der Waals surface area contributed by atoms with Crippen molar-refractivity contribution >= 4 is 35.6 Å². The van der Waals surface area contributed by atoms with Crippen LogP contribution in [0.2, 0.25) is 5.02 Å². The van der Waals surface area contributed by atoms with Crippen LogP contribution in [0.3, 0.4) is 0 Å². The van der Waals surface area contributed by atoms with Crippen LogP contribution >= 0.6 is 23.8 Å². The molecule has 0 spiro atoms. The first-order chi connectivity index (χ1) is 14.5. The zero-order valence-electron chi connectivity index (χ0n) is 16.4. The number of rotatable bonds is 8. The van der Waals surface area contributed by atoms with E-state index in [0.717, 1.165) is 11.4 Å². The molecular formula is C21H22ClN5O2S. The van der Waals surface area contributed by atoms with Gasteiger partial charge in [-0.2, -0.15) is 5.10 Å². The molecule has 156 valence electrons. The Morgan fingerprint density at radius 2 is 1.87 bits per heavy atom. The Hall–Kier alpha value is -2.97. The van der Waals surface area contributed by atoms with Gasteiger partial charge in [-0.3, -0.25) is 14.7 Å². The first kappa shape index (κ1) is 21.7. The maximum atomic E-state index is 12.7. The van der Waals surface area contributed by atoms with Crippen LogP contribution in [0.25, 0.3) is 0 Å². The summed E-state index contributed by atoms with van der Waals surface area (Å²) in [6.45, 7) is 0.409. The summed E-state index contributed by atoms with van der Waals surface area (Å²) < 4.78 is 2.29. The van der Waals surface area contributed by atoms with E-state index in [1.807, 2.05) is 37.4 Å². The molecule has 0 aliphatic heterocycles. The maximum Gasteiger partial charge on any atom is 0.253 e. The highest BCUT2D eigenvalue weighted by atomic mass is 35.5. The van der Waals surface area contributed by atoms with Crippen molar-refractivity contribution in [2.24, 2.45) is 7.05 Å². The van der Waals surface area contributed by atoms with Gasteiger partial charge in [0, 0.05) is 20.0 Å². The number of hydrogen-bond acceptors (Lipinski definition) is 4. The summed E-state index contributed by atoms with van der Waals surface area (Å²) in [6.07, 6.45) is 0.635. The number of H-pyrrole nitrogens is 1. The van der Waals surface area contributed by atoms with E-state index in [0.29, 0.717) is 28.3 Å². The van der Waals surface area contributed by atoms with E-state index >= 15 is 0 Å². The van der Waals surface area contributed by atoms with Crippen molar-refractivity contribution in [1.29, 1.82) is 0 Å². The van der Waals surface area contributed by atoms with Gasteiger partial charge in [0.15, 0.2) is 4.77 Å². The minimum atomic E-state index is -0.490. The summed E-state index contributed by atoms with van der Waals surface area (Å²) in [5, 5.41) is 13.0. The molecule has 0 bridgehead atoms. The normalized spacial score (nSPS) is 11.7. The molecule has 0 saturated heterocycles. The Balaban J connectivity index is 1.64. The van der Waals surface area contributed by atoms with Crippen molar-refractivity contribution in [3.05, 3.63) is 81.3 Å². The molecule has 1 atom stereocenters. The van der Waals surface area contributed by atoms with Crippen LogP contribution in [-0.4, -0.2) is 33.1 Å². The number of carbonyl (C=O) groups is 2. The number of benzene rings is 2. The lowest BCUT2D eigenvalue weighted by molar-refractivity contribution is -0.121. The SMILES string of the molecule is Cn1c(CCNC(=O)CC(NC(=O)c2ccccc2Cl)c2ccccc2)n[nH]c1=S. The van der Waals surface area contributed by atoms with Gasteiger partial charge >= 0.3 is 0 Å². The fourth-order valence-electron chi connectivity index (χ4n) is 2.99. The molecule has 0 saturated carbocycles. The molecule has 0 radical (unpaired) electrons. The van der Waals surface area contributed by atoms with E-state index in [2.05, 4.69) is 20.8 Å². The smallest absolute Gasteiger partial charge is 0.253 e. The van der Waals surface area contributed by atoms with E-state index in [1.54, 1.807) is 28.8 Å². The Bertz CT molecular complexity index is 1080. The molecule has 1 aromatic heterocycles. The van der Waals surface area contributed by atoms with Crippen molar-refractivity contribution in [2.45, 2.75) is 18.9 Å². The fourth-order valence-corrected chi connectivity index (χ4v) is 3.37. The summed E-state index contributed by atoms with van der Waals surface area (Å²) in [6, 6.07) is 15.7. The van der Waals surface area contributed by atoms with Gasteiger partial charge in [-0.25, -0.2) is 0 Å². The summed E-state index contributed by atoms with van der Waals surface area (Å²) in [4.78, 5) is 25.3. The first-order valence-corrected chi connectivity index (χ1v) is 10.2. The van der Waals surface area contributed by atoms with Gasteiger partial charge in [-0.1, -0.05) is 54.1 Å². The molecule has 30 heavy (non-hydrogen) atoms. The molecular weight excluding hydrogens is 422 g/mol. The van der Waals surface area contributed by atoms with Gasteiger partial charge < -0.3 is 15.2 Å². The van der Waals surface area contributed by atoms with E-state index in [9.17, 15) is 9.59 Å². The number of halogens is 1. The van der Waals surface area contributed by atoms with Crippen molar-refractivity contribution in [1.82, 2.24) is 25.4 Å². The largest absolute Gasteiger partial charge is 0.356 e. The molecule has 3 N–H and O–H groups in total. The molecule has 3 rings (SSSR count). The third kappa shape index (κ3) is 5.55. The Labute approximate surface area is 184 Å². The predicted octanol–water partition coefficient (Wildman–Crippen LogP) is 3.35. The van der Waals surface area contributed by atoms with Crippen molar-refractivity contribution in [3.8, 4) is 0 Å². The summed E-state index contributed by atoms with van der Waals surface area (Å²) in [5.74, 6) is 0.246. The number of aromatic nitrogens is 3. The second-order valence-electron chi connectivity index (χ2n) is 6.72. The van der Waals surface area contributed by atoms with E-state index in [4.69, 9.17) is 23.8 Å². The average molecular weight is 444 g/mol. The van der Waals surface area contributed by atoms with Crippen LogP contribution in [0.5, 0.6) is 0 Å². The van der Waals surface area contributed by atoms with Gasteiger partial charge in [0.25, 0.3) is 5.91 Å². The number of aromatic amines is 1. The molecule has 1 heterocycles. The van der Waals surface area contributed by atoms with Crippen LogP contribution in [-0.2, 0) is 18.3 Å². The maximum absolute atomic E-state index is 12.7. The van der Waals surface area contributed by atoms with Gasteiger partial charge in [0.1, 0.15) is 5.82 Å². The Morgan fingerprint density at radius 3 is 2.53 bits per heavy atom. The number of carbonyl (C=O) groups excluding carboxylic acids is 2. The third-order valence-corrected chi connectivity index (χ3v) is 5.35. The Kier molecular flexibility index (Phi) is 7.37. The second-order valence-corrected chi connectivity index (χ2v) is 7.52. The van der Waals surface area contributed by atoms with E-state index < -0.39 is 6.04 Å². The molecule has 0 aliphatic carbocycles. The molecule has 9 heteroatoms. The standard InChI is InChI=1S/C21H22ClN5O2S/c1-27-18(25-26-21(27)30)11-12-23-19(28)13-17(14-7-3-2-4-8-14)24-20(29)15-9-5-6-10-16(15)22/h2-10,17H,11-13H2,1H3,(H,23,28)(H,24,29)(H,26,30). The van der Waals surface area contributed by atoms with Crippen LogP contribution in [0.4, 0.5) is 0 Å². The minimum absolute atomic E-state index is 0.0964. The molecule has 2 amide bonds. The summed E-state index contributed by atoms with van der Waals surface area (Å²) in [5.41, 5.74) is 1.20. The van der Waals surface area contributed by atoms with E-state index in [-0.39, 0.29) is 18.2 Å². The first-order valence-electron chi connectivity index (χ1n) is 9.43. The zero-order chi connectivity index (χ0) is 21.5. The molecule has 7 nitrogen and oxygen atoms in total. The zero-order valence-corrected chi connectivity index (χ0v) is 18.0. The summed E-state index contributed by atoms with van der Waals surface area (Å²) in [7, 11) is 1.82. The van der Waals surface area contributed by atoms with Gasteiger partial charge in [0.2, 0.25) is 5.91 Å². The molecule has 2 aromatic carbocycles. The highest BCUT2D eigenvalue weighted by Crippen LogP contribution is 2.20. The molecule has 1 unspecified atom stereocenters. The number of hydrogen-bond donors (Lipinski definition) is 3. The van der Waals surface area contributed by atoms with Crippen LogP contribution < -0.4 is 10.6 Å². The summed E-state index contributed by atoms with van der Waals surface area (Å²) >= 11 is 11.2. The lowest BCUT2D eigenvalue weighted by atomic mass is 10.0. The highest BCUT2D eigenvalue weighted by molar-refractivity contribution is 7.71. The van der Waals surface area contributed by atoms with Crippen molar-refractivity contribution in [3.63, 3.8) is 0 Å². The third-order valence-electron chi connectivity index (χ3n) is 4.66. The quantitative estimate of drug-likeness (QED) is 0.465. The van der Waals surface area contributed by atoms with Crippen LogP contribution in [0, 0.1) is 4.77 Å². The fraction of sp³-hybridized carbons (Fsp3) is 0.238.